The molecule has 3 rings (SSSR count). The first-order valence-electron chi connectivity index (χ1n) is 7.90. The summed E-state index contributed by atoms with van der Waals surface area (Å²) in [6, 6.07) is 17.4. The number of carbonyl (C=O) groups excluding carboxylic acids is 1. The number of ether oxygens (including phenoxy) is 3. The molecule has 2 aromatic rings. The predicted octanol–water partition coefficient (Wildman–Crippen LogP) is 3.15. The van der Waals surface area contributed by atoms with Gasteiger partial charge in [0.25, 0.3) is 0 Å². The van der Waals surface area contributed by atoms with Crippen molar-refractivity contribution >= 4 is 11.9 Å². The molecule has 1 atom stereocenters. The van der Waals surface area contributed by atoms with E-state index < -0.39 is 0 Å². The van der Waals surface area contributed by atoms with Gasteiger partial charge in [0.05, 0.1) is 6.61 Å². The maximum absolute atomic E-state index is 11.4. The predicted molar refractivity (Wildman–Crippen MR) is 90.2 cm³/mol. The fourth-order valence-electron chi connectivity index (χ4n) is 2.44. The number of benzene rings is 2. The molecule has 0 spiro atoms. The molecule has 0 radical (unpaired) electrons. The lowest BCUT2D eigenvalue weighted by Crippen LogP contribution is -2.14. The Hall–Kier alpha value is -2.82. The third-order valence-electron chi connectivity index (χ3n) is 3.58. The summed E-state index contributed by atoms with van der Waals surface area (Å²) in [7, 11) is 0. The third kappa shape index (κ3) is 3.93. The summed E-state index contributed by atoms with van der Waals surface area (Å²) in [4.78, 5) is 16.0. The highest BCUT2D eigenvalue weighted by Gasteiger charge is 2.21. The summed E-state index contributed by atoms with van der Waals surface area (Å²) in [6.45, 7) is 2.51. The van der Waals surface area contributed by atoms with Crippen LogP contribution in [-0.4, -0.2) is 31.7 Å². The summed E-state index contributed by atoms with van der Waals surface area (Å²) in [5.41, 5.74) is 1.96. The molecule has 1 heterocycles. The Morgan fingerprint density at radius 2 is 2.04 bits per heavy atom. The topological polar surface area (TPSA) is 57.1 Å². The van der Waals surface area contributed by atoms with Crippen molar-refractivity contribution in [3.63, 3.8) is 0 Å². The molecule has 24 heavy (non-hydrogen) atoms. The van der Waals surface area contributed by atoms with Crippen molar-refractivity contribution in [2.24, 2.45) is 4.99 Å². The molecule has 0 saturated carbocycles. The number of hydrogen-bond donors (Lipinski definition) is 0. The lowest BCUT2D eigenvalue weighted by molar-refractivity contribution is -0.145. The highest BCUT2D eigenvalue weighted by molar-refractivity contribution is 5.95. The molecule has 0 unspecified atom stereocenters. The summed E-state index contributed by atoms with van der Waals surface area (Å²) in [6.07, 6.45) is 0. The Balaban J connectivity index is 1.69. The average Bonchev–Trinajstić information content (AvgIpc) is 3.11. The monoisotopic (exact) mass is 325 g/mol. The van der Waals surface area contributed by atoms with Gasteiger partial charge in [-0.25, -0.2) is 9.79 Å². The van der Waals surface area contributed by atoms with E-state index in [-0.39, 0.29) is 18.6 Å². The van der Waals surface area contributed by atoms with Gasteiger partial charge >= 0.3 is 5.97 Å². The van der Waals surface area contributed by atoms with Crippen molar-refractivity contribution in [1.29, 1.82) is 0 Å². The molecular formula is C19H19NO4. The Bertz CT molecular complexity index is 727. The summed E-state index contributed by atoms with van der Waals surface area (Å²) < 4.78 is 16.0. The Labute approximate surface area is 140 Å². The van der Waals surface area contributed by atoms with Gasteiger partial charge in [-0.2, -0.15) is 0 Å². The first-order chi connectivity index (χ1) is 11.8. The van der Waals surface area contributed by atoms with Crippen LogP contribution < -0.4 is 4.74 Å². The number of rotatable bonds is 6. The molecule has 5 nitrogen and oxygen atoms in total. The zero-order chi connectivity index (χ0) is 16.8. The molecule has 0 fully saturated rings. The lowest BCUT2D eigenvalue weighted by atomic mass is 10.1. The average molecular weight is 325 g/mol. The van der Waals surface area contributed by atoms with E-state index in [0.29, 0.717) is 24.9 Å². The van der Waals surface area contributed by atoms with Gasteiger partial charge in [0, 0.05) is 5.56 Å². The van der Waals surface area contributed by atoms with Gasteiger partial charge in [-0.1, -0.05) is 36.4 Å². The first-order valence-corrected chi connectivity index (χ1v) is 7.90. The van der Waals surface area contributed by atoms with Gasteiger partial charge in [0.2, 0.25) is 5.90 Å². The number of aliphatic imine (C=N–C) groups is 1. The van der Waals surface area contributed by atoms with E-state index in [9.17, 15) is 4.79 Å². The quantitative estimate of drug-likeness (QED) is 0.766. The smallest absolute Gasteiger partial charge is 0.344 e. The fourth-order valence-corrected chi connectivity index (χ4v) is 2.44. The van der Waals surface area contributed by atoms with Gasteiger partial charge < -0.3 is 14.2 Å². The Kier molecular flexibility index (Phi) is 5.11. The largest absolute Gasteiger partial charge is 0.482 e. The first kappa shape index (κ1) is 16.1. The fraction of sp³-hybridized carbons (Fsp3) is 0.263. The van der Waals surface area contributed by atoms with Gasteiger partial charge in [-0.15, -0.1) is 0 Å². The van der Waals surface area contributed by atoms with Crippen LogP contribution in [0, 0.1) is 0 Å². The van der Waals surface area contributed by atoms with Crippen LogP contribution in [0.2, 0.25) is 0 Å². The van der Waals surface area contributed by atoms with Crippen LogP contribution in [0.15, 0.2) is 59.6 Å². The summed E-state index contributed by atoms with van der Waals surface area (Å²) in [5, 5.41) is 0. The Morgan fingerprint density at radius 1 is 1.21 bits per heavy atom. The molecule has 5 heteroatoms. The van der Waals surface area contributed by atoms with Crippen LogP contribution in [0.4, 0.5) is 0 Å². The van der Waals surface area contributed by atoms with E-state index in [2.05, 4.69) is 4.99 Å². The molecule has 1 aliphatic rings. The van der Waals surface area contributed by atoms with E-state index >= 15 is 0 Å². The SMILES string of the molecule is CCOC(=O)COc1cccc(C2=N[C@@H](c3ccccc3)CO2)c1. The van der Waals surface area contributed by atoms with Crippen LogP contribution in [0.25, 0.3) is 0 Å². The standard InChI is InChI=1S/C19H19NO4/c1-2-22-18(21)13-23-16-10-6-9-15(11-16)19-20-17(12-24-19)14-7-4-3-5-8-14/h3-11,17H,2,12-13H2,1H3/t17-/m1/s1. The van der Waals surface area contributed by atoms with Crippen LogP contribution >= 0.6 is 0 Å². The lowest BCUT2D eigenvalue weighted by Gasteiger charge is -2.07. The molecule has 0 aliphatic carbocycles. The second-order valence-corrected chi connectivity index (χ2v) is 5.29. The molecule has 0 N–H and O–H groups in total. The minimum atomic E-state index is -0.387. The molecular weight excluding hydrogens is 306 g/mol. The molecule has 0 amide bonds. The van der Waals surface area contributed by atoms with Crippen molar-refractivity contribution in [1.82, 2.24) is 0 Å². The van der Waals surface area contributed by atoms with E-state index in [0.717, 1.165) is 11.1 Å². The van der Waals surface area contributed by atoms with E-state index in [1.165, 1.54) is 0 Å². The van der Waals surface area contributed by atoms with E-state index in [1.807, 2.05) is 48.5 Å². The van der Waals surface area contributed by atoms with Crippen molar-refractivity contribution in [3.8, 4) is 5.75 Å². The molecule has 1 aliphatic heterocycles. The van der Waals surface area contributed by atoms with Gasteiger partial charge in [0.1, 0.15) is 18.4 Å². The maximum atomic E-state index is 11.4. The van der Waals surface area contributed by atoms with Crippen molar-refractivity contribution in [2.45, 2.75) is 13.0 Å². The molecule has 0 bridgehead atoms. The number of nitrogens with zero attached hydrogens (tertiary/aromatic N) is 1. The van der Waals surface area contributed by atoms with Crippen LogP contribution in [0.5, 0.6) is 5.75 Å². The van der Waals surface area contributed by atoms with Crippen molar-refractivity contribution in [3.05, 3.63) is 65.7 Å². The summed E-state index contributed by atoms with van der Waals surface area (Å²) >= 11 is 0. The number of carbonyl (C=O) groups is 1. The van der Waals surface area contributed by atoms with Crippen molar-refractivity contribution in [2.75, 3.05) is 19.8 Å². The molecule has 0 saturated heterocycles. The van der Waals surface area contributed by atoms with Crippen LogP contribution in [0.1, 0.15) is 24.1 Å². The van der Waals surface area contributed by atoms with E-state index in [4.69, 9.17) is 14.2 Å². The highest BCUT2D eigenvalue weighted by atomic mass is 16.6. The highest BCUT2D eigenvalue weighted by Crippen LogP contribution is 2.26. The van der Waals surface area contributed by atoms with E-state index in [1.54, 1.807) is 13.0 Å². The molecule has 0 aromatic heterocycles. The van der Waals surface area contributed by atoms with Gasteiger partial charge in [-0.05, 0) is 30.7 Å². The zero-order valence-corrected chi connectivity index (χ0v) is 13.5. The minimum absolute atomic E-state index is 0.00491. The minimum Gasteiger partial charge on any atom is -0.482 e. The van der Waals surface area contributed by atoms with Crippen molar-refractivity contribution < 1.29 is 19.0 Å². The van der Waals surface area contributed by atoms with Crippen LogP contribution in [-0.2, 0) is 14.3 Å². The molecule has 2 aromatic carbocycles. The number of esters is 1. The second-order valence-electron chi connectivity index (χ2n) is 5.29. The van der Waals surface area contributed by atoms with Crippen LogP contribution in [0.3, 0.4) is 0 Å². The van der Waals surface area contributed by atoms with Gasteiger partial charge in [-0.3, -0.25) is 0 Å². The number of hydrogen-bond acceptors (Lipinski definition) is 5. The maximum Gasteiger partial charge on any atom is 0.344 e. The normalized spacial score (nSPS) is 16.2. The second kappa shape index (κ2) is 7.64. The molecule has 124 valence electrons. The zero-order valence-electron chi connectivity index (χ0n) is 13.5. The third-order valence-corrected chi connectivity index (χ3v) is 3.58. The summed E-state index contributed by atoms with van der Waals surface area (Å²) in [5.74, 6) is 0.780. The van der Waals surface area contributed by atoms with Gasteiger partial charge in [0.15, 0.2) is 6.61 Å². The Morgan fingerprint density at radius 3 is 2.83 bits per heavy atom.